The standard InChI is InChI=1S/C39H42N2O8S/c42-24-26-13-15-29(16-14-26)34-22-32(25-50-35-10-5-4-9-33(35)38(45)46)48-39(49-34)30-19-17-28(18-20-30)31-8-6-7-27(21-31)23-40-36(43)11-2-1-3-12-37(44)41-47/h4-10,13-21,32,34,39,42,47H,1-3,11-12,22-25H2,(H,40,43)(H,41,44)(H,45,46)/t32-,34+,39+/m1/s1. The number of aliphatic hydroxyl groups excluding tert-OH is 1. The van der Waals surface area contributed by atoms with Crippen molar-refractivity contribution in [1.29, 1.82) is 0 Å². The van der Waals surface area contributed by atoms with Gasteiger partial charge in [0.2, 0.25) is 11.8 Å². The molecule has 50 heavy (non-hydrogen) atoms. The number of nitrogens with one attached hydrogen (secondary N) is 2. The molecule has 5 N–H and O–H groups in total. The van der Waals surface area contributed by atoms with Crippen molar-refractivity contribution >= 4 is 29.5 Å². The molecule has 11 heteroatoms. The zero-order valence-electron chi connectivity index (χ0n) is 27.6. The molecule has 5 rings (SSSR count). The van der Waals surface area contributed by atoms with Crippen LogP contribution in [0.25, 0.3) is 11.1 Å². The van der Waals surface area contributed by atoms with Gasteiger partial charge in [-0.2, -0.15) is 0 Å². The number of unbranched alkanes of at least 4 members (excludes halogenated alkanes) is 2. The highest BCUT2D eigenvalue weighted by atomic mass is 32.2. The van der Waals surface area contributed by atoms with Gasteiger partial charge in [0.15, 0.2) is 6.29 Å². The average molecular weight is 699 g/mol. The number of carboxylic acids is 1. The van der Waals surface area contributed by atoms with Gasteiger partial charge in [-0.1, -0.05) is 85.3 Å². The van der Waals surface area contributed by atoms with Gasteiger partial charge in [0.25, 0.3) is 0 Å². The molecule has 3 atom stereocenters. The monoisotopic (exact) mass is 698 g/mol. The van der Waals surface area contributed by atoms with Gasteiger partial charge >= 0.3 is 5.97 Å². The Morgan fingerprint density at radius 3 is 2.20 bits per heavy atom. The highest BCUT2D eigenvalue weighted by Crippen LogP contribution is 2.40. The molecule has 0 unspecified atom stereocenters. The van der Waals surface area contributed by atoms with E-state index in [0.29, 0.717) is 42.9 Å². The third-order valence-corrected chi connectivity index (χ3v) is 9.73. The Labute approximate surface area is 295 Å². The maximum atomic E-state index is 12.3. The molecule has 4 aromatic carbocycles. The van der Waals surface area contributed by atoms with Crippen LogP contribution in [0.3, 0.4) is 0 Å². The first-order valence-electron chi connectivity index (χ1n) is 16.7. The van der Waals surface area contributed by atoms with E-state index in [1.165, 1.54) is 11.8 Å². The van der Waals surface area contributed by atoms with Crippen LogP contribution >= 0.6 is 11.8 Å². The quantitative estimate of drug-likeness (QED) is 0.0362. The van der Waals surface area contributed by atoms with Gasteiger partial charge in [-0.3, -0.25) is 14.8 Å². The van der Waals surface area contributed by atoms with Crippen LogP contribution in [0.15, 0.2) is 102 Å². The molecule has 1 aliphatic heterocycles. The highest BCUT2D eigenvalue weighted by molar-refractivity contribution is 7.99. The number of aromatic carboxylic acids is 1. The fraction of sp³-hybridized carbons (Fsp3) is 0.308. The number of hydrogen-bond acceptors (Lipinski definition) is 8. The number of hydrogen-bond donors (Lipinski definition) is 5. The van der Waals surface area contributed by atoms with Crippen LogP contribution in [-0.2, 0) is 32.2 Å². The van der Waals surface area contributed by atoms with E-state index in [9.17, 15) is 24.6 Å². The molecule has 0 aliphatic carbocycles. The number of aliphatic hydroxyl groups is 1. The molecule has 1 heterocycles. The Morgan fingerprint density at radius 1 is 0.760 bits per heavy atom. The predicted molar refractivity (Wildman–Crippen MR) is 189 cm³/mol. The molecule has 1 saturated heterocycles. The molecule has 10 nitrogen and oxygen atoms in total. The van der Waals surface area contributed by atoms with Crippen LogP contribution in [0.1, 0.15) is 83.5 Å². The Hall–Kier alpha value is -4.52. The van der Waals surface area contributed by atoms with Crippen LogP contribution in [0.5, 0.6) is 0 Å². The highest BCUT2D eigenvalue weighted by Gasteiger charge is 2.32. The van der Waals surface area contributed by atoms with Crippen LogP contribution in [0.2, 0.25) is 0 Å². The van der Waals surface area contributed by atoms with E-state index in [0.717, 1.165) is 39.8 Å². The Bertz CT molecular complexity index is 1730. The van der Waals surface area contributed by atoms with Crippen molar-refractivity contribution in [3.8, 4) is 11.1 Å². The van der Waals surface area contributed by atoms with Gasteiger partial charge in [0.1, 0.15) is 0 Å². The summed E-state index contributed by atoms with van der Waals surface area (Å²) in [5.74, 6) is -0.896. The topological polar surface area (TPSA) is 154 Å². The van der Waals surface area contributed by atoms with E-state index in [4.69, 9.17) is 14.7 Å². The molecular weight excluding hydrogens is 657 g/mol. The summed E-state index contributed by atoms with van der Waals surface area (Å²) in [5.41, 5.74) is 7.49. The first-order valence-corrected chi connectivity index (χ1v) is 17.7. The second-order valence-electron chi connectivity index (χ2n) is 12.2. The van der Waals surface area contributed by atoms with E-state index in [2.05, 4.69) is 5.32 Å². The van der Waals surface area contributed by atoms with Gasteiger partial charge in [-0.25, -0.2) is 10.3 Å². The molecule has 0 saturated carbocycles. The lowest BCUT2D eigenvalue weighted by Crippen LogP contribution is -2.31. The van der Waals surface area contributed by atoms with Crippen molar-refractivity contribution in [1.82, 2.24) is 10.8 Å². The number of benzene rings is 4. The van der Waals surface area contributed by atoms with E-state index in [-0.39, 0.29) is 36.7 Å². The van der Waals surface area contributed by atoms with Crippen LogP contribution in [0, 0.1) is 0 Å². The second kappa shape index (κ2) is 18.5. The van der Waals surface area contributed by atoms with Crippen molar-refractivity contribution in [2.75, 3.05) is 5.75 Å². The Morgan fingerprint density at radius 2 is 1.48 bits per heavy atom. The molecule has 0 radical (unpaired) electrons. The molecule has 2 amide bonds. The Kier molecular flexibility index (Phi) is 13.6. The normalized spacial score (nSPS) is 17.2. The SMILES string of the molecule is O=C(CCCCCC(=O)NCc1cccc(-c2ccc([C@H]3O[C@@H](CSc4ccccc4C(=O)O)C[C@@H](c4ccc(CO)cc4)O3)cc2)c1)NO. The van der Waals surface area contributed by atoms with Crippen LogP contribution < -0.4 is 10.8 Å². The number of rotatable bonds is 16. The van der Waals surface area contributed by atoms with Gasteiger partial charge in [0.05, 0.1) is 24.4 Å². The molecule has 1 fully saturated rings. The number of ether oxygens (including phenoxy) is 2. The van der Waals surface area contributed by atoms with Gasteiger partial charge in [-0.05, 0) is 58.9 Å². The second-order valence-corrected chi connectivity index (χ2v) is 13.2. The molecular formula is C39H42N2O8S. The van der Waals surface area contributed by atoms with Crippen molar-refractivity contribution in [3.63, 3.8) is 0 Å². The van der Waals surface area contributed by atoms with E-state index in [1.54, 1.807) is 17.6 Å². The lowest BCUT2D eigenvalue weighted by atomic mass is 9.99. The lowest BCUT2D eigenvalue weighted by molar-refractivity contribution is -0.245. The average Bonchev–Trinajstić information content (AvgIpc) is 3.16. The summed E-state index contributed by atoms with van der Waals surface area (Å²) >= 11 is 1.45. The minimum absolute atomic E-state index is 0.0415. The zero-order valence-corrected chi connectivity index (χ0v) is 28.4. The van der Waals surface area contributed by atoms with Crippen molar-refractivity contribution in [2.24, 2.45) is 0 Å². The van der Waals surface area contributed by atoms with E-state index >= 15 is 0 Å². The van der Waals surface area contributed by atoms with Crippen molar-refractivity contribution in [3.05, 3.63) is 125 Å². The van der Waals surface area contributed by atoms with Crippen LogP contribution in [0.4, 0.5) is 0 Å². The summed E-state index contributed by atoms with van der Waals surface area (Å²) < 4.78 is 13.0. The predicted octanol–water partition coefficient (Wildman–Crippen LogP) is 6.95. The summed E-state index contributed by atoms with van der Waals surface area (Å²) in [6, 6.07) is 30.7. The zero-order chi connectivity index (χ0) is 35.3. The van der Waals surface area contributed by atoms with Crippen LogP contribution in [-0.4, -0.2) is 45.1 Å². The van der Waals surface area contributed by atoms with Gasteiger partial charge < -0.3 is 25.0 Å². The molecule has 1 aliphatic rings. The molecule has 4 aromatic rings. The third kappa shape index (κ3) is 10.5. The fourth-order valence-electron chi connectivity index (χ4n) is 5.76. The van der Waals surface area contributed by atoms with Crippen molar-refractivity contribution < 1.29 is 39.3 Å². The molecule has 0 spiro atoms. The number of carboxylic acid groups (broad SMARTS) is 1. The Balaban J connectivity index is 1.23. The maximum absolute atomic E-state index is 12.3. The minimum atomic E-state index is -0.966. The first kappa shape index (κ1) is 36.8. The van der Waals surface area contributed by atoms with Gasteiger partial charge in [-0.15, -0.1) is 11.8 Å². The number of amides is 2. The molecule has 0 bridgehead atoms. The third-order valence-electron chi connectivity index (χ3n) is 8.52. The van der Waals surface area contributed by atoms with E-state index in [1.807, 2.05) is 84.9 Å². The largest absolute Gasteiger partial charge is 0.478 e. The number of thioether (sulfide) groups is 1. The number of hydroxylamine groups is 1. The molecule has 262 valence electrons. The fourth-order valence-corrected chi connectivity index (χ4v) is 6.83. The first-order chi connectivity index (χ1) is 24.3. The summed E-state index contributed by atoms with van der Waals surface area (Å²) in [5, 5.41) is 30.7. The summed E-state index contributed by atoms with van der Waals surface area (Å²) in [6.07, 6.45) is 2.07. The van der Waals surface area contributed by atoms with Gasteiger partial charge in [0, 0.05) is 42.0 Å². The summed E-state index contributed by atoms with van der Waals surface area (Å²) in [7, 11) is 0. The number of carbonyl (C=O) groups excluding carboxylic acids is 2. The summed E-state index contributed by atoms with van der Waals surface area (Å²) in [6.45, 7) is 0.360. The smallest absolute Gasteiger partial charge is 0.336 e. The molecule has 0 aromatic heterocycles. The lowest BCUT2D eigenvalue weighted by Gasteiger charge is -2.36. The maximum Gasteiger partial charge on any atom is 0.336 e. The van der Waals surface area contributed by atoms with E-state index < -0.39 is 18.2 Å². The minimum Gasteiger partial charge on any atom is -0.478 e. The van der Waals surface area contributed by atoms with Crippen molar-refractivity contribution in [2.45, 2.75) is 75.1 Å². The summed E-state index contributed by atoms with van der Waals surface area (Å²) in [4.78, 5) is 35.9. The number of carbonyl (C=O) groups is 3.